The zero-order chi connectivity index (χ0) is 23.4. The van der Waals surface area contributed by atoms with Crippen LogP contribution in [0.4, 0.5) is 5.69 Å². The largest absolute Gasteiger partial charge is 0.497 e. The predicted octanol–water partition coefficient (Wildman–Crippen LogP) is 3.41. The highest BCUT2D eigenvalue weighted by atomic mass is 32.2. The minimum absolute atomic E-state index is 0.177. The van der Waals surface area contributed by atoms with Gasteiger partial charge in [0.25, 0.3) is 0 Å². The standard InChI is InChI=1S/C23H23N5O4S/c1-4-32-19-11-7-17(8-12-19)27-13-14-28-20(22(27)30)25-26-23(28)33-15(2)21(29)24-16-5-9-18(31-3)10-6-16/h5-15H,4H2,1-3H3,(H,24,29)/t15-/m1/s1. The molecular weight excluding hydrogens is 442 g/mol. The van der Waals surface area contributed by atoms with Gasteiger partial charge in [0.15, 0.2) is 5.16 Å². The number of ether oxygens (including phenoxy) is 2. The summed E-state index contributed by atoms with van der Waals surface area (Å²) in [7, 11) is 1.59. The number of hydrogen-bond donors (Lipinski definition) is 1. The third-order valence-corrected chi connectivity index (χ3v) is 5.93. The van der Waals surface area contributed by atoms with Gasteiger partial charge in [0.05, 0.1) is 19.0 Å². The van der Waals surface area contributed by atoms with E-state index in [9.17, 15) is 9.59 Å². The van der Waals surface area contributed by atoms with Gasteiger partial charge in [-0.25, -0.2) is 0 Å². The minimum Gasteiger partial charge on any atom is -0.497 e. The number of nitrogens with zero attached hydrogens (tertiary/aromatic N) is 4. The first kappa shape index (κ1) is 22.4. The minimum atomic E-state index is -0.465. The van der Waals surface area contributed by atoms with Gasteiger partial charge in [-0.15, -0.1) is 10.2 Å². The van der Waals surface area contributed by atoms with Gasteiger partial charge in [-0.3, -0.25) is 18.6 Å². The van der Waals surface area contributed by atoms with E-state index in [0.29, 0.717) is 28.9 Å². The van der Waals surface area contributed by atoms with E-state index in [-0.39, 0.29) is 17.1 Å². The quantitative estimate of drug-likeness (QED) is 0.398. The third-order valence-electron chi connectivity index (χ3n) is 4.87. The maximum Gasteiger partial charge on any atom is 0.300 e. The van der Waals surface area contributed by atoms with Crippen molar-refractivity contribution >= 4 is 29.0 Å². The Morgan fingerprint density at radius 3 is 2.42 bits per heavy atom. The Bertz CT molecular complexity index is 1320. The lowest BCUT2D eigenvalue weighted by Crippen LogP contribution is -2.23. The molecule has 2 aromatic carbocycles. The molecule has 0 aliphatic carbocycles. The fraction of sp³-hybridized carbons (Fsp3) is 0.217. The van der Waals surface area contributed by atoms with Crippen LogP contribution < -0.4 is 20.3 Å². The summed E-state index contributed by atoms with van der Waals surface area (Å²) in [5, 5.41) is 11.0. The summed E-state index contributed by atoms with van der Waals surface area (Å²) in [5.74, 6) is 1.25. The van der Waals surface area contributed by atoms with E-state index in [2.05, 4.69) is 15.5 Å². The molecule has 0 unspecified atom stereocenters. The van der Waals surface area contributed by atoms with Crippen molar-refractivity contribution < 1.29 is 14.3 Å². The van der Waals surface area contributed by atoms with Crippen molar-refractivity contribution in [1.82, 2.24) is 19.2 Å². The molecule has 0 saturated carbocycles. The van der Waals surface area contributed by atoms with Crippen LogP contribution in [-0.2, 0) is 4.79 Å². The molecule has 0 spiro atoms. The van der Waals surface area contributed by atoms with Gasteiger partial charge in [0.1, 0.15) is 11.5 Å². The van der Waals surface area contributed by atoms with Crippen LogP contribution in [0.1, 0.15) is 13.8 Å². The predicted molar refractivity (Wildman–Crippen MR) is 127 cm³/mol. The van der Waals surface area contributed by atoms with Crippen molar-refractivity contribution in [3.63, 3.8) is 0 Å². The van der Waals surface area contributed by atoms with E-state index in [1.54, 1.807) is 67.2 Å². The monoisotopic (exact) mass is 465 g/mol. The number of benzene rings is 2. The van der Waals surface area contributed by atoms with Crippen LogP contribution in [0.2, 0.25) is 0 Å². The van der Waals surface area contributed by atoms with Crippen LogP contribution in [0, 0.1) is 0 Å². The van der Waals surface area contributed by atoms with Crippen LogP contribution in [0.3, 0.4) is 0 Å². The molecule has 10 heteroatoms. The Morgan fingerprint density at radius 2 is 1.76 bits per heavy atom. The van der Waals surface area contributed by atoms with Gasteiger partial charge in [-0.1, -0.05) is 11.8 Å². The van der Waals surface area contributed by atoms with Gasteiger partial charge < -0.3 is 14.8 Å². The lowest BCUT2D eigenvalue weighted by molar-refractivity contribution is -0.115. The number of amides is 1. The molecule has 2 aromatic heterocycles. The first-order valence-corrected chi connectivity index (χ1v) is 11.2. The van der Waals surface area contributed by atoms with Gasteiger partial charge >= 0.3 is 5.56 Å². The van der Waals surface area contributed by atoms with Gasteiger partial charge in [0, 0.05) is 23.8 Å². The van der Waals surface area contributed by atoms with Crippen molar-refractivity contribution in [3.8, 4) is 17.2 Å². The van der Waals surface area contributed by atoms with Crippen LogP contribution in [-0.4, -0.2) is 44.0 Å². The highest BCUT2D eigenvalue weighted by Crippen LogP contribution is 2.23. The van der Waals surface area contributed by atoms with Crippen LogP contribution >= 0.6 is 11.8 Å². The lowest BCUT2D eigenvalue weighted by Gasteiger charge is -2.12. The number of rotatable bonds is 8. The molecule has 0 aliphatic rings. The fourth-order valence-electron chi connectivity index (χ4n) is 3.15. The molecular formula is C23H23N5O4S. The first-order valence-electron chi connectivity index (χ1n) is 10.3. The summed E-state index contributed by atoms with van der Waals surface area (Å²) in [6.45, 7) is 4.25. The molecule has 1 atom stereocenters. The summed E-state index contributed by atoms with van der Waals surface area (Å²) in [6.07, 6.45) is 3.37. The van der Waals surface area contributed by atoms with Gasteiger partial charge in [-0.05, 0) is 62.4 Å². The van der Waals surface area contributed by atoms with Gasteiger partial charge in [0.2, 0.25) is 11.6 Å². The Kier molecular flexibility index (Phi) is 6.64. The van der Waals surface area contributed by atoms with Crippen molar-refractivity contribution in [2.24, 2.45) is 0 Å². The number of aromatic nitrogens is 4. The highest BCUT2D eigenvalue weighted by Gasteiger charge is 2.19. The Balaban J connectivity index is 1.51. The molecule has 0 fully saturated rings. The fourth-order valence-corrected chi connectivity index (χ4v) is 3.98. The zero-order valence-corrected chi connectivity index (χ0v) is 19.2. The number of fused-ring (bicyclic) bond motifs is 1. The first-order chi connectivity index (χ1) is 16.0. The average Bonchev–Trinajstić information content (AvgIpc) is 3.24. The Morgan fingerprint density at radius 1 is 1.06 bits per heavy atom. The van der Waals surface area contributed by atoms with Crippen molar-refractivity contribution in [1.29, 1.82) is 0 Å². The Labute approximate surface area is 194 Å². The summed E-state index contributed by atoms with van der Waals surface area (Å²) in [4.78, 5) is 25.6. The molecule has 9 nitrogen and oxygen atoms in total. The molecule has 33 heavy (non-hydrogen) atoms. The summed E-state index contributed by atoms with van der Waals surface area (Å²) >= 11 is 1.22. The molecule has 2 heterocycles. The van der Waals surface area contributed by atoms with E-state index in [0.717, 1.165) is 5.75 Å². The number of methoxy groups -OCH3 is 1. The molecule has 4 rings (SSSR count). The molecule has 1 amide bonds. The summed E-state index contributed by atoms with van der Waals surface area (Å²) in [5.41, 5.74) is 1.22. The number of thioether (sulfide) groups is 1. The van der Waals surface area contributed by atoms with Crippen molar-refractivity contribution in [2.75, 3.05) is 19.0 Å². The summed E-state index contributed by atoms with van der Waals surface area (Å²) in [6, 6.07) is 14.3. The van der Waals surface area contributed by atoms with E-state index in [1.807, 2.05) is 19.1 Å². The highest BCUT2D eigenvalue weighted by molar-refractivity contribution is 8.00. The number of hydrogen-bond acceptors (Lipinski definition) is 7. The van der Waals surface area contributed by atoms with Crippen LogP contribution in [0.5, 0.6) is 11.5 Å². The SMILES string of the molecule is CCOc1ccc(-n2ccn3c(S[C@H](C)C(=O)Nc4ccc(OC)cc4)nnc3c2=O)cc1. The Hall–Kier alpha value is -3.79. The van der Waals surface area contributed by atoms with E-state index < -0.39 is 5.25 Å². The topological polar surface area (TPSA) is 99.8 Å². The average molecular weight is 466 g/mol. The number of carbonyl (C=O) groups excluding carboxylic acids is 1. The zero-order valence-electron chi connectivity index (χ0n) is 18.4. The summed E-state index contributed by atoms with van der Waals surface area (Å²) < 4.78 is 13.7. The smallest absolute Gasteiger partial charge is 0.300 e. The number of carbonyl (C=O) groups is 1. The second-order valence-electron chi connectivity index (χ2n) is 7.05. The normalized spacial score (nSPS) is 11.8. The third kappa shape index (κ3) is 4.85. The van der Waals surface area contributed by atoms with E-state index >= 15 is 0 Å². The van der Waals surface area contributed by atoms with Crippen molar-refractivity contribution in [2.45, 2.75) is 24.3 Å². The van der Waals surface area contributed by atoms with Crippen LogP contribution in [0.15, 0.2) is 70.9 Å². The number of nitrogens with one attached hydrogen (secondary N) is 1. The second kappa shape index (κ2) is 9.78. The maximum absolute atomic E-state index is 13.0. The molecule has 0 radical (unpaired) electrons. The van der Waals surface area contributed by atoms with Crippen molar-refractivity contribution in [3.05, 3.63) is 71.3 Å². The molecule has 170 valence electrons. The van der Waals surface area contributed by atoms with Gasteiger partial charge in [-0.2, -0.15) is 0 Å². The van der Waals surface area contributed by atoms with Crippen LogP contribution in [0.25, 0.3) is 11.3 Å². The lowest BCUT2D eigenvalue weighted by atomic mass is 10.3. The second-order valence-corrected chi connectivity index (χ2v) is 8.36. The molecule has 4 aromatic rings. The van der Waals surface area contributed by atoms with E-state index in [1.165, 1.54) is 16.3 Å². The van der Waals surface area contributed by atoms with E-state index in [4.69, 9.17) is 9.47 Å². The number of anilines is 1. The molecule has 1 N–H and O–H groups in total. The molecule has 0 saturated heterocycles. The molecule has 0 aliphatic heterocycles. The maximum atomic E-state index is 13.0. The molecule has 0 bridgehead atoms.